The highest BCUT2D eigenvalue weighted by Gasteiger charge is 2.26. The second kappa shape index (κ2) is 5.85. The molecule has 0 spiro atoms. The first kappa shape index (κ1) is 16.1. The third-order valence-electron chi connectivity index (χ3n) is 4.08. The average Bonchev–Trinajstić information content (AvgIpc) is 2.66. The van der Waals surface area contributed by atoms with Gasteiger partial charge in [-0.15, -0.1) is 0 Å². The second-order valence-electron chi connectivity index (χ2n) is 5.40. The first-order valence-electron chi connectivity index (χ1n) is 6.87. The molecule has 0 saturated carbocycles. The topological polar surface area (TPSA) is 42.6 Å². The zero-order valence-electron chi connectivity index (χ0n) is 13.3. The number of ether oxygens (including phenoxy) is 1. The standard InChI is InChI=1S/C17H21BrO3/c1-8-7-13(18)10(3)15(17(8)20-6)16(19)14-9(2)11(4)21-12(14)5/h7,16,19H,1-6H3. The fourth-order valence-corrected chi connectivity index (χ4v) is 3.39. The highest BCUT2D eigenvalue weighted by atomic mass is 79.9. The average molecular weight is 353 g/mol. The Bertz CT molecular complexity index is 686. The number of hydrogen-bond donors (Lipinski definition) is 1. The number of benzene rings is 1. The minimum atomic E-state index is -0.770. The SMILES string of the molecule is COc1c(C)cc(Br)c(C)c1C(O)c1c(C)oc(C)c1C. The Labute approximate surface area is 134 Å². The monoisotopic (exact) mass is 352 g/mol. The van der Waals surface area contributed by atoms with Gasteiger partial charge in [0.05, 0.1) is 7.11 Å². The van der Waals surface area contributed by atoms with Gasteiger partial charge in [0.15, 0.2) is 0 Å². The van der Waals surface area contributed by atoms with Crippen LogP contribution >= 0.6 is 15.9 Å². The van der Waals surface area contributed by atoms with Gasteiger partial charge in [0.2, 0.25) is 0 Å². The van der Waals surface area contributed by atoms with Gasteiger partial charge in [-0.3, -0.25) is 0 Å². The molecule has 0 aliphatic heterocycles. The van der Waals surface area contributed by atoms with E-state index in [2.05, 4.69) is 15.9 Å². The molecule has 1 aromatic carbocycles. The number of furan rings is 1. The van der Waals surface area contributed by atoms with Gasteiger partial charge < -0.3 is 14.3 Å². The molecule has 2 aromatic rings. The van der Waals surface area contributed by atoms with E-state index in [0.29, 0.717) is 0 Å². The summed E-state index contributed by atoms with van der Waals surface area (Å²) in [5, 5.41) is 10.9. The molecule has 1 aromatic heterocycles. The zero-order chi connectivity index (χ0) is 15.9. The lowest BCUT2D eigenvalue weighted by Crippen LogP contribution is -2.08. The fraction of sp³-hybridized carbons (Fsp3) is 0.412. The van der Waals surface area contributed by atoms with E-state index in [-0.39, 0.29) is 0 Å². The largest absolute Gasteiger partial charge is 0.496 e. The lowest BCUT2D eigenvalue weighted by molar-refractivity contribution is 0.210. The van der Waals surface area contributed by atoms with Crippen molar-refractivity contribution in [2.24, 2.45) is 0 Å². The number of aliphatic hydroxyl groups excluding tert-OH is 1. The van der Waals surface area contributed by atoms with Crippen LogP contribution in [0.3, 0.4) is 0 Å². The summed E-state index contributed by atoms with van der Waals surface area (Å²) in [6.45, 7) is 9.71. The number of halogens is 1. The molecule has 1 atom stereocenters. The molecule has 1 heterocycles. The smallest absolute Gasteiger partial charge is 0.128 e. The molecule has 3 nitrogen and oxygen atoms in total. The normalized spacial score (nSPS) is 12.6. The second-order valence-corrected chi connectivity index (χ2v) is 6.26. The summed E-state index contributed by atoms with van der Waals surface area (Å²) in [6.07, 6.45) is -0.770. The summed E-state index contributed by atoms with van der Waals surface area (Å²) in [5.41, 5.74) is 4.56. The van der Waals surface area contributed by atoms with E-state index in [1.54, 1.807) is 7.11 Å². The number of methoxy groups -OCH3 is 1. The summed E-state index contributed by atoms with van der Waals surface area (Å²) < 4.78 is 12.1. The zero-order valence-corrected chi connectivity index (χ0v) is 14.9. The van der Waals surface area contributed by atoms with Crippen LogP contribution in [0.25, 0.3) is 0 Å². The van der Waals surface area contributed by atoms with E-state index in [4.69, 9.17) is 9.15 Å². The Balaban J connectivity index is 2.71. The highest BCUT2D eigenvalue weighted by Crippen LogP contribution is 2.41. The van der Waals surface area contributed by atoms with Crippen molar-refractivity contribution in [3.05, 3.63) is 49.9 Å². The predicted molar refractivity (Wildman–Crippen MR) is 87.1 cm³/mol. The third kappa shape index (κ3) is 2.62. The minimum absolute atomic E-state index is 0.723. The van der Waals surface area contributed by atoms with Crippen molar-refractivity contribution in [3.8, 4) is 5.75 Å². The van der Waals surface area contributed by atoms with Crippen molar-refractivity contribution in [1.82, 2.24) is 0 Å². The Morgan fingerprint density at radius 2 is 1.67 bits per heavy atom. The van der Waals surface area contributed by atoms with E-state index in [1.807, 2.05) is 40.7 Å². The minimum Gasteiger partial charge on any atom is -0.496 e. The van der Waals surface area contributed by atoms with Gasteiger partial charge in [-0.1, -0.05) is 15.9 Å². The van der Waals surface area contributed by atoms with Crippen LogP contribution in [0.1, 0.15) is 45.4 Å². The molecule has 1 unspecified atom stereocenters. The third-order valence-corrected chi connectivity index (χ3v) is 4.90. The number of aryl methyl sites for hydroxylation is 3. The van der Waals surface area contributed by atoms with Crippen LogP contribution in [0.2, 0.25) is 0 Å². The van der Waals surface area contributed by atoms with E-state index in [1.165, 1.54) is 0 Å². The van der Waals surface area contributed by atoms with Gasteiger partial charge in [0.1, 0.15) is 23.4 Å². The van der Waals surface area contributed by atoms with Gasteiger partial charge in [0, 0.05) is 15.6 Å². The van der Waals surface area contributed by atoms with Crippen molar-refractivity contribution in [1.29, 1.82) is 0 Å². The Hall–Kier alpha value is -1.26. The molecule has 2 rings (SSSR count). The number of hydrogen-bond acceptors (Lipinski definition) is 3. The van der Waals surface area contributed by atoms with Crippen LogP contribution in [-0.4, -0.2) is 12.2 Å². The Morgan fingerprint density at radius 1 is 1.05 bits per heavy atom. The molecule has 21 heavy (non-hydrogen) atoms. The maximum Gasteiger partial charge on any atom is 0.128 e. The van der Waals surface area contributed by atoms with Crippen LogP contribution in [0.15, 0.2) is 15.0 Å². The summed E-state index contributed by atoms with van der Waals surface area (Å²) in [6, 6.07) is 2.00. The maximum atomic E-state index is 10.9. The van der Waals surface area contributed by atoms with E-state index >= 15 is 0 Å². The predicted octanol–water partition coefficient (Wildman–Crippen LogP) is 4.67. The molecule has 0 saturated heterocycles. The van der Waals surface area contributed by atoms with Crippen LogP contribution in [0.4, 0.5) is 0 Å². The molecule has 0 aliphatic carbocycles. The summed E-state index contributed by atoms with van der Waals surface area (Å²) >= 11 is 3.55. The maximum absolute atomic E-state index is 10.9. The van der Waals surface area contributed by atoms with Crippen molar-refractivity contribution >= 4 is 15.9 Å². The molecule has 4 heteroatoms. The summed E-state index contributed by atoms with van der Waals surface area (Å²) in [5.74, 6) is 2.31. The lowest BCUT2D eigenvalue weighted by Gasteiger charge is -2.21. The Kier molecular flexibility index (Phi) is 4.49. The van der Waals surface area contributed by atoms with E-state index in [9.17, 15) is 5.11 Å². The van der Waals surface area contributed by atoms with Crippen LogP contribution in [0.5, 0.6) is 5.75 Å². The summed E-state index contributed by atoms with van der Waals surface area (Å²) in [4.78, 5) is 0. The van der Waals surface area contributed by atoms with Gasteiger partial charge in [0.25, 0.3) is 0 Å². The quantitative estimate of drug-likeness (QED) is 0.872. The van der Waals surface area contributed by atoms with Gasteiger partial charge >= 0.3 is 0 Å². The van der Waals surface area contributed by atoms with Crippen molar-refractivity contribution in [3.63, 3.8) is 0 Å². The Morgan fingerprint density at radius 3 is 2.14 bits per heavy atom. The van der Waals surface area contributed by atoms with Crippen LogP contribution in [0, 0.1) is 34.6 Å². The molecule has 114 valence electrons. The van der Waals surface area contributed by atoms with Gasteiger partial charge in [-0.05, 0) is 57.4 Å². The molecule has 0 amide bonds. The molecule has 0 fully saturated rings. The van der Waals surface area contributed by atoms with E-state index in [0.717, 1.165) is 49.6 Å². The van der Waals surface area contributed by atoms with Crippen molar-refractivity contribution in [2.75, 3.05) is 7.11 Å². The lowest BCUT2D eigenvalue weighted by atomic mass is 9.92. The summed E-state index contributed by atoms with van der Waals surface area (Å²) in [7, 11) is 1.63. The molecule has 0 bridgehead atoms. The molecule has 0 aliphatic rings. The van der Waals surface area contributed by atoms with Crippen molar-refractivity contribution < 1.29 is 14.3 Å². The van der Waals surface area contributed by atoms with Gasteiger partial charge in [-0.25, -0.2) is 0 Å². The highest BCUT2D eigenvalue weighted by molar-refractivity contribution is 9.10. The van der Waals surface area contributed by atoms with Crippen LogP contribution < -0.4 is 4.74 Å². The van der Waals surface area contributed by atoms with E-state index < -0.39 is 6.10 Å². The fourth-order valence-electron chi connectivity index (χ4n) is 2.83. The molecular formula is C17H21BrO3. The molecule has 0 radical (unpaired) electrons. The first-order chi connectivity index (χ1) is 9.79. The van der Waals surface area contributed by atoms with Crippen LogP contribution in [-0.2, 0) is 0 Å². The van der Waals surface area contributed by atoms with Gasteiger partial charge in [-0.2, -0.15) is 0 Å². The first-order valence-corrected chi connectivity index (χ1v) is 7.67. The molecule has 1 N–H and O–H groups in total. The molecular weight excluding hydrogens is 332 g/mol. The number of rotatable bonds is 3. The number of aliphatic hydroxyl groups is 1. The van der Waals surface area contributed by atoms with Crippen molar-refractivity contribution in [2.45, 2.75) is 40.7 Å².